The largest absolute Gasteiger partial charge is 0.313 e. The summed E-state index contributed by atoms with van der Waals surface area (Å²) in [6, 6.07) is 5.10. The minimum atomic E-state index is 0.430. The van der Waals surface area contributed by atoms with E-state index in [0.717, 1.165) is 5.92 Å². The molecule has 0 saturated heterocycles. The first-order valence-corrected chi connectivity index (χ1v) is 8.60. The van der Waals surface area contributed by atoms with E-state index in [1.54, 1.807) is 0 Å². The van der Waals surface area contributed by atoms with E-state index in [4.69, 9.17) is 0 Å². The highest BCUT2D eigenvalue weighted by atomic mass is 79.9. The van der Waals surface area contributed by atoms with Gasteiger partial charge >= 0.3 is 0 Å². The molecule has 1 aliphatic rings. The molecule has 0 aromatic heterocycles. The van der Waals surface area contributed by atoms with Gasteiger partial charge in [0.1, 0.15) is 0 Å². The Balaban J connectivity index is 2.39. The van der Waals surface area contributed by atoms with Crippen molar-refractivity contribution in [2.24, 2.45) is 11.3 Å². The second-order valence-electron chi connectivity index (χ2n) is 7.07. The lowest BCUT2D eigenvalue weighted by molar-refractivity contribution is 0.101. The summed E-state index contributed by atoms with van der Waals surface area (Å²) in [7, 11) is 2.12. The zero-order valence-electron chi connectivity index (χ0n) is 13.5. The lowest BCUT2D eigenvalue weighted by Crippen LogP contribution is -2.38. The zero-order chi connectivity index (χ0) is 14.9. The second kappa shape index (κ2) is 6.19. The molecule has 20 heavy (non-hydrogen) atoms. The Morgan fingerprint density at radius 2 is 1.90 bits per heavy atom. The van der Waals surface area contributed by atoms with Crippen LogP contribution < -0.4 is 5.32 Å². The van der Waals surface area contributed by atoms with Crippen LogP contribution in [0.2, 0.25) is 0 Å². The Bertz CT molecular complexity index is 479. The van der Waals surface area contributed by atoms with Gasteiger partial charge in [-0.25, -0.2) is 0 Å². The molecular formula is C18H28BrN. The minimum absolute atomic E-state index is 0.430. The Morgan fingerprint density at radius 3 is 2.50 bits per heavy atom. The second-order valence-corrected chi connectivity index (χ2v) is 7.92. The Morgan fingerprint density at radius 1 is 1.20 bits per heavy atom. The van der Waals surface area contributed by atoms with E-state index < -0.39 is 0 Å². The van der Waals surface area contributed by atoms with Crippen LogP contribution >= 0.6 is 15.9 Å². The molecule has 2 heteroatoms. The summed E-state index contributed by atoms with van der Waals surface area (Å²) in [6.07, 6.45) is 5.45. The predicted molar refractivity (Wildman–Crippen MR) is 91.2 cm³/mol. The van der Waals surface area contributed by atoms with E-state index in [0.29, 0.717) is 11.5 Å². The molecular weight excluding hydrogens is 310 g/mol. The summed E-state index contributed by atoms with van der Waals surface area (Å²) in [6.45, 7) is 9.32. The lowest BCUT2D eigenvalue weighted by Gasteiger charge is -2.44. The maximum Gasteiger partial charge on any atom is 0.0354 e. The van der Waals surface area contributed by atoms with Crippen molar-refractivity contribution in [3.8, 4) is 0 Å². The van der Waals surface area contributed by atoms with Gasteiger partial charge < -0.3 is 5.32 Å². The third-order valence-corrected chi connectivity index (χ3v) is 6.04. The monoisotopic (exact) mass is 337 g/mol. The molecule has 0 aliphatic heterocycles. The predicted octanol–water partition coefficient (Wildman–Crippen LogP) is 5.54. The van der Waals surface area contributed by atoms with E-state index >= 15 is 0 Å². The van der Waals surface area contributed by atoms with Gasteiger partial charge in [0.05, 0.1) is 0 Å². The fourth-order valence-corrected chi connectivity index (χ4v) is 4.31. The van der Waals surface area contributed by atoms with Crippen LogP contribution in [0.1, 0.15) is 62.3 Å². The fourth-order valence-electron chi connectivity index (χ4n) is 3.85. The van der Waals surface area contributed by atoms with E-state index in [1.807, 2.05) is 0 Å². The van der Waals surface area contributed by atoms with Crippen molar-refractivity contribution in [2.75, 3.05) is 7.05 Å². The van der Waals surface area contributed by atoms with Crippen molar-refractivity contribution in [3.05, 3.63) is 33.3 Å². The van der Waals surface area contributed by atoms with E-state index in [9.17, 15) is 0 Å². The van der Waals surface area contributed by atoms with Crippen LogP contribution in [0.15, 0.2) is 16.6 Å². The molecule has 1 aromatic rings. The average Bonchev–Trinajstić information content (AvgIpc) is 2.37. The maximum atomic E-state index is 3.65. The van der Waals surface area contributed by atoms with Crippen LogP contribution in [0.3, 0.4) is 0 Å². The van der Waals surface area contributed by atoms with Crippen LogP contribution in [-0.4, -0.2) is 7.05 Å². The number of hydrogen-bond acceptors (Lipinski definition) is 1. The van der Waals surface area contributed by atoms with Gasteiger partial charge in [0.2, 0.25) is 0 Å². The summed E-state index contributed by atoms with van der Waals surface area (Å²) in [5.41, 5.74) is 4.63. The average molecular weight is 338 g/mol. The number of halogens is 1. The number of hydrogen-bond donors (Lipinski definition) is 1. The number of nitrogens with one attached hydrogen (secondary N) is 1. The molecule has 1 aliphatic carbocycles. The molecule has 2 unspecified atom stereocenters. The highest BCUT2D eigenvalue weighted by Crippen LogP contribution is 2.47. The molecule has 1 saturated carbocycles. The van der Waals surface area contributed by atoms with Crippen LogP contribution in [0.4, 0.5) is 0 Å². The molecule has 0 bridgehead atoms. The van der Waals surface area contributed by atoms with E-state index in [-0.39, 0.29) is 0 Å². The lowest BCUT2D eigenvalue weighted by atomic mass is 9.64. The van der Waals surface area contributed by atoms with Crippen molar-refractivity contribution in [1.82, 2.24) is 5.32 Å². The zero-order valence-corrected chi connectivity index (χ0v) is 15.1. The molecule has 1 N–H and O–H groups in total. The summed E-state index contributed by atoms with van der Waals surface area (Å²) >= 11 is 3.65. The van der Waals surface area contributed by atoms with Gasteiger partial charge in [0, 0.05) is 10.5 Å². The van der Waals surface area contributed by atoms with E-state index in [2.05, 4.69) is 68.1 Å². The highest BCUT2D eigenvalue weighted by molar-refractivity contribution is 9.10. The molecule has 0 heterocycles. The summed E-state index contributed by atoms with van der Waals surface area (Å²) in [4.78, 5) is 0. The maximum absolute atomic E-state index is 3.65. The quantitative estimate of drug-likeness (QED) is 0.763. The van der Waals surface area contributed by atoms with Gasteiger partial charge in [-0.3, -0.25) is 0 Å². The summed E-state index contributed by atoms with van der Waals surface area (Å²) in [5, 5.41) is 3.62. The molecule has 0 amide bonds. The van der Waals surface area contributed by atoms with E-state index in [1.165, 1.54) is 46.8 Å². The minimum Gasteiger partial charge on any atom is -0.313 e. The Kier molecular flexibility index (Phi) is 4.96. The van der Waals surface area contributed by atoms with Gasteiger partial charge in [-0.05, 0) is 67.8 Å². The first-order chi connectivity index (χ1) is 9.36. The van der Waals surface area contributed by atoms with Crippen molar-refractivity contribution in [3.63, 3.8) is 0 Å². The molecule has 1 nitrogen and oxygen atoms in total. The Labute approximate surface area is 132 Å². The normalized spacial score (nSPS) is 23.6. The van der Waals surface area contributed by atoms with Crippen molar-refractivity contribution in [2.45, 2.75) is 59.4 Å². The molecule has 1 aromatic carbocycles. The molecule has 0 spiro atoms. The van der Waals surface area contributed by atoms with Crippen LogP contribution in [0.5, 0.6) is 0 Å². The van der Waals surface area contributed by atoms with Gasteiger partial charge in [-0.2, -0.15) is 0 Å². The SMILES string of the molecule is CNC(c1cc(C)c(Br)cc1C)C1CCCCC1(C)C. The number of benzene rings is 1. The van der Waals surface area contributed by atoms with Crippen LogP contribution in [0.25, 0.3) is 0 Å². The Hall–Kier alpha value is -0.340. The molecule has 112 valence electrons. The first kappa shape index (κ1) is 16.0. The van der Waals surface area contributed by atoms with Crippen molar-refractivity contribution >= 4 is 15.9 Å². The van der Waals surface area contributed by atoms with Gasteiger partial charge in [-0.15, -0.1) is 0 Å². The highest BCUT2D eigenvalue weighted by Gasteiger charge is 2.38. The molecule has 1 fully saturated rings. The van der Waals surface area contributed by atoms with Crippen LogP contribution in [-0.2, 0) is 0 Å². The van der Waals surface area contributed by atoms with Crippen LogP contribution in [0, 0.1) is 25.2 Å². The van der Waals surface area contributed by atoms with Gasteiger partial charge in [0.15, 0.2) is 0 Å². The van der Waals surface area contributed by atoms with Gasteiger partial charge in [0.25, 0.3) is 0 Å². The molecule has 2 atom stereocenters. The topological polar surface area (TPSA) is 12.0 Å². The summed E-state index contributed by atoms with van der Waals surface area (Å²) < 4.78 is 1.22. The molecule has 0 radical (unpaired) electrons. The first-order valence-electron chi connectivity index (χ1n) is 7.80. The van der Waals surface area contributed by atoms with Crippen molar-refractivity contribution in [1.29, 1.82) is 0 Å². The smallest absolute Gasteiger partial charge is 0.0354 e. The van der Waals surface area contributed by atoms with Crippen molar-refractivity contribution < 1.29 is 0 Å². The van der Waals surface area contributed by atoms with Gasteiger partial charge in [-0.1, -0.05) is 48.7 Å². The third kappa shape index (κ3) is 3.12. The third-order valence-electron chi connectivity index (χ3n) is 5.19. The summed E-state index contributed by atoms with van der Waals surface area (Å²) in [5.74, 6) is 0.723. The number of rotatable bonds is 3. The molecule has 2 rings (SSSR count). The fraction of sp³-hybridized carbons (Fsp3) is 0.667. The number of aryl methyl sites for hydroxylation is 2. The standard InChI is InChI=1S/C18H28BrN/c1-12-11-16(19)13(2)10-14(12)17(20-5)15-8-6-7-9-18(15,3)4/h10-11,15,17,20H,6-9H2,1-5H3.